The molecule has 1 aromatic heterocycles. The molecule has 0 fully saturated rings. The van der Waals surface area contributed by atoms with Crippen molar-refractivity contribution in [1.82, 2.24) is 4.98 Å². The number of fused-ring (bicyclic) bond motifs is 1. The van der Waals surface area contributed by atoms with Gasteiger partial charge in [0.15, 0.2) is 23.0 Å². The average molecular weight is 365 g/mol. The van der Waals surface area contributed by atoms with Crippen LogP contribution in [-0.4, -0.2) is 33.4 Å². The minimum Gasteiger partial charge on any atom is -0.493 e. The second-order valence-electron chi connectivity index (χ2n) is 5.59. The van der Waals surface area contributed by atoms with Gasteiger partial charge in [0.05, 0.1) is 39.5 Å². The van der Waals surface area contributed by atoms with E-state index in [1.165, 1.54) is 0 Å². The molecule has 1 heterocycles. The number of benzene rings is 2. The molecule has 0 unspecified atom stereocenters. The second kappa shape index (κ2) is 7.70. The van der Waals surface area contributed by atoms with Crippen LogP contribution in [0, 0.1) is 11.3 Å². The number of pyridine rings is 1. The van der Waals surface area contributed by atoms with Crippen LogP contribution in [0.15, 0.2) is 36.4 Å². The van der Waals surface area contributed by atoms with Crippen LogP contribution in [0.4, 0.5) is 11.5 Å². The molecular weight excluding hydrogens is 346 g/mol. The number of hydrogen-bond acceptors (Lipinski definition) is 7. The fraction of sp³-hybridized carbons (Fsp3) is 0.200. The molecule has 0 spiro atoms. The molecule has 0 atom stereocenters. The largest absolute Gasteiger partial charge is 0.493 e. The van der Waals surface area contributed by atoms with Gasteiger partial charge in [0.25, 0.3) is 0 Å². The number of ether oxygens (including phenoxy) is 4. The molecule has 7 nitrogen and oxygen atoms in total. The second-order valence-corrected chi connectivity index (χ2v) is 5.59. The van der Waals surface area contributed by atoms with E-state index in [0.29, 0.717) is 39.9 Å². The first kappa shape index (κ1) is 18.1. The van der Waals surface area contributed by atoms with Gasteiger partial charge in [-0.1, -0.05) is 0 Å². The zero-order chi connectivity index (χ0) is 19.4. The number of nitriles is 1. The molecule has 0 aliphatic carbocycles. The molecule has 3 aromatic rings. The topological polar surface area (TPSA) is 85.6 Å². The maximum Gasteiger partial charge on any atom is 0.162 e. The molecule has 1 N–H and O–H groups in total. The molecule has 0 bridgehead atoms. The lowest BCUT2D eigenvalue weighted by Crippen LogP contribution is -2.00. The van der Waals surface area contributed by atoms with E-state index < -0.39 is 0 Å². The molecule has 2 aromatic carbocycles. The Morgan fingerprint density at radius 1 is 0.815 bits per heavy atom. The van der Waals surface area contributed by atoms with Gasteiger partial charge in [-0.2, -0.15) is 5.26 Å². The third-order valence-electron chi connectivity index (χ3n) is 4.09. The van der Waals surface area contributed by atoms with Crippen molar-refractivity contribution in [2.24, 2.45) is 0 Å². The fourth-order valence-electron chi connectivity index (χ4n) is 2.73. The average Bonchev–Trinajstić information content (AvgIpc) is 2.71. The maximum absolute atomic E-state index is 9.54. The van der Waals surface area contributed by atoms with E-state index in [1.54, 1.807) is 58.8 Å². The zero-order valence-corrected chi connectivity index (χ0v) is 15.5. The summed E-state index contributed by atoms with van der Waals surface area (Å²) in [6.07, 6.45) is 0. The molecule has 0 saturated carbocycles. The van der Waals surface area contributed by atoms with E-state index in [0.717, 1.165) is 11.1 Å². The predicted octanol–water partition coefficient (Wildman–Crippen LogP) is 3.88. The SMILES string of the molecule is COc1ccc(Nc2nc3cc(OC)c(OC)cc3cc2C#N)cc1OC. The number of anilines is 2. The fourth-order valence-corrected chi connectivity index (χ4v) is 2.73. The third-order valence-corrected chi connectivity index (χ3v) is 4.09. The lowest BCUT2D eigenvalue weighted by Gasteiger charge is -2.13. The lowest BCUT2D eigenvalue weighted by molar-refractivity contribution is 0.355. The number of nitrogens with one attached hydrogen (secondary N) is 1. The number of aromatic nitrogens is 1. The van der Waals surface area contributed by atoms with Crippen molar-refractivity contribution >= 4 is 22.4 Å². The highest BCUT2D eigenvalue weighted by Crippen LogP contribution is 2.35. The first-order chi connectivity index (χ1) is 13.1. The molecule has 0 radical (unpaired) electrons. The minimum atomic E-state index is 0.407. The van der Waals surface area contributed by atoms with Crippen LogP contribution in [0.2, 0.25) is 0 Å². The molecule has 138 valence electrons. The number of methoxy groups -OCH3 is 4. The summed E-state index contributed by atoms with van der Waals surface area (Å²) in [7, 11) is 6.27. The quantitative estimate of drug-likeness (QED) is 0.709. The Kier molecular flexibility index (Phi) is 5.18. The van der Waals surface area contributed by atoms with Crippen molar-refractivity contribution in [2.75, 3.05) is 33.8 Å². The number of rotatable bonds is 6. The highest BCUT2D eigenvalue weighted by atomic mass is 16.5. The summed E-state index contributed by atoms with van der Waals surface area (Å²) in [5.41, 5.74) is 1.80. The Morgan fingerprint density at radius 2 is 1.44 bits per heavy atom. The van der Waals surface area contributed by atoms with Gasteiger partial charge < -0.3 is 24.3 Å². The maximum atomic E-state index is 9.54. The number of hydrogen-bond donors (Lipinski definition) is 1. The van der Waals surface area contributed by atoms with Gasteiger partial charge in [0, 0.05) is 23.2 Å². The smallest absolute Gasteiger partial charge is 0.162 e. The molecule has 0 aliphatic heterocycles. The van der Waals surface area contributed by atoms with Crippen LogP contribution in [0.25, 0.3) is 10.9 Å². The van der Waals surface area contributed by atoms with Crippen LogP contribution in [-0.2, 0) is 0 Å². The zero-order valence-electron chi connectivity index (χ0n) is 15.5. The van der Waals surface area contributed by atoms with Crippen LogP contribution in [0.5, 0.6) is 23.0 Å². The number of nitrogens with zero attached hydrogens (tertiary/aromatic N) is 2. The molecule has 0 amide bonds. The Morgan fingerprint density at radius 3 is 2.07 bits per heavy atom. The Bertz CT molecular complexity index is 1030. The van der Waals surface area contributed by atoms with Crippen LogP contribution >= 0.6 is 0 Å². The summed E-state index contributed by atoms with van der Waals surface area (Å²) in [5.74, 6) is 2.78. The lowest BCUT2D eigenvalue weighted by atomic mass is 10.1. The van der Waals surface area contributed by atoms with Crippen molar-refractivity contribution in [1.29, 1.82) is 5.26 Å². The summed E-state index contributed by atoms with van der Waals surface area (Å²) in [6.45, 7) is 0. The molecule has 0 aliphatic rings. The van der Waals surface area contributed by atoms with E-state index in [9.17, 15) is 5.26 Å². The normalized spacial score (nSPS) is 10.2. The van der Waals surface area contributed by atoms with E-state index in [4.69, 9.17) is 18.9 Å². The highest BCUT2D eigenvalue weighted by molar-refractivity contribution is 5.87. The van der Waals surface area contributed by atoms with Gasteiger partial charge in [-0.3, -0.25) is 0 Å². The predicted molar refractivity (Wildman–Crippen MR) is 102 cm³/mol. The van der Waals surface area contributed by atoms with Gasteiger partial charge in [-0.05, 0) is 24.3 Å². The molecule has 3 rings (SSSR count). The van der Waals surface area contributed by atoms with E-state index in [-0.39, 0.29) is 0 Å². The monoisotopic (exact) mass is 365 g/mol. The summed E-state index contributed by atoms with van der Waals surface area (Å²) < 4.78 is 21.2. The van der Waals surface area contributed by atoms with Crippen LogP contribution < -0.4 is 24.3 Å². The van der Waals surface area contributed by atoms with E-state index >= 15 is 0 Å². The van der Waals surface area contributed by atoms with Crippen LogP contribution in [0.1, 0.15) is 5.56 Å². The van der Waals surface area contributed by atoms with Gasteiger partial charge in [0.2, 0.25) is 0 Å². The van der Waals surface area contributed by atoms with E-state index in [1.807, 2.05) is 6.07 Å². The Hall–Kier alpha value is -3.66. The summed E-state index contributed by atoms with van der Waals surface area (Å²) in [5, 5.41) is 13.5. The van der Waals surface area contributed by atoms with Gasteiger partial charge >= 0.3 is 0 Å². The van der Waals surface area contributed by atoms with Crippen molar-refractivity contribution in [2.45, 2.75) is 0 Å². The van der Waals surface area contributed by atoms with Crippen molar-refractivity contribution in [3.8, 4) is 29.1 Å². The van der Waals surface area contributed by atoms with Crippen molar-refractivity contribution < 1.29 is 18.9 Å². The highest BCUT2D eigenvalue weighted by Gasteiger charge is 2.13. The molecular formula is C20H19N3O4. The Labute approximate surface area is 157 Å². The standard InChI is InChI=1S/C20H19N3O4/c1-24-16-6-5-14(9-18(16)26-3)22-20-13(11-21)7-12-8-17(25-2)19(27-4)10-15(12)23-20/h5-10H,1-4H3,(H,22,23). The minimum absolute atomic E-state index is 0.407. The molecule has 0 saturated heterocycles. The first-order valence-corrected chi connectivity index (χ1v) is 8.09. The molecule has 27 heavy (non-hydrogen) atoms. The van der Waals surface area contributed by atoms with Gasteiger partial charge in [0.1, 0.15) is 11.9 Å². The Balaban J connectivity index is 2.07. The van der Waals surface area contributed by atoms with E-state index in [2.05, 4.69) is 16.4 Å². The third kappa shape index (κ3) is 3.51. The summed E-state index contributed by atoms with van der Waals surface area (Å²) >= 11 is 0. The van der Waals surface area contributed by atoms with Crippen LogP contribution in [0.3, 0.4) is 0 Å². The molecule has 7 heteroatoms. The first-order valence-electron chi connectivity index (χ1n) is 8.09. The van der Waals surface area contributed by atoms with Crippen molar-refractivity contribution in [3.05, 3.63) is 42.0 Å². The summed E-state index contributed by atoms with van der Waals surface area (Å²) in [6, 6.07) is 12.9. The van der Waals surface area contributed by atoms with Gasteiger partial charge in [-0.25, -0.2) is 4.98 Å². The van der Waals surface area contributed by atoms with Gasteiger partial charge in [-0.15, -0.1) is 0 Å². The van der Waals surface area contributed by atoms with Crippen molar-refractivity contribution in [3.63, 3.8) is 0 Å². The summed E-state index contributed by atoms with van der Waals surface area (Å²) in [4.78, 5) is 4.58.